The number of methoxy groups -OCH3 is 3. The van der Waals surface area contributed by atoms with Crippen molar-refractivity contribution in [1.29, 1.82) is 0 Å². The van der Waals surface area contributed by atoms with E-state index in [1.54, 1.807) is 12.1 Å². The summed E-state index contributed by atoms with van der Waals surface area (Å²) < 4.78 is 16.1. The quantitative estimate of drug-likeness (QED) is 0.405. The second kappa shape index (κ2) is 9.54. The van der Waals surface area contributed by atoms with Gasteiger partial charge in [-0.3, -0.25) is 4.79 Å². The third-order valence-electron chi connectivity index (χ3n) is 4.41. The number of hydrogen-bond donors (Lipinski definition) is 2. The molecule has 0 aliphatic carbocycles. The first kappa shape index (κ1) is 20.8. The molecule has 0 aliphatic heterocycles. The molecule has 152 valence electrons. The normalized spacial score (nSPS) is 11.5. The maximum absolute atomic E-state index is 13.3. The number of aliphatic hydroxyl groups excluding tert-OH is 1. The fourth-order valence-corrected chi connectivity index (χ4v) is 3.81. The van der Waals surface area contributed by atoms with Crippen LogP contribution in [0.2, 0.25) is 0 Å². The molecule has 29 heavy (non-hydrogen) atoms. The number of ether oxygens (including phenoxy) is 3. The molecule has 0 unspecified atom stereocenters. The predicted octanol–water partition coefficient (Wildman–Crippen LogP) is 4.14. The van der Waals surface area contributed by atoms with Gasteiger partial charge in [-0.2, -0.15) is 0 Å². The SMILES string of the molecule is COc1cc(C(=O)/C(=C\c2c[nH]c3ccccc23)SCCO)cc(OC)c1OC. The van der Waals surface area contributed by atoms with Gasteiger partial charge in [-0.25, -0.2) is 0 Å². The van der Waals surface area contributed by atoms with Crippen molar-refractivity contribution >= 4 is 34.5 Å². The Kier molecular flexibility index (Phi) is 6.85. The highest BCUT2D eigenvalue weighted by molar-refractivity contribution is 8.04. The number of fused-ring (bicyclic) bond motifs is 1. The van der Waals surface area contributed by atoms with Gasteiger partial charge in [0.05, 0.1) is 32.8 Å². The highest BCUT2D eigenvalue weighted by Gasteiger charge is 2.20. The lowest BCUT2D eigenvalue weighted by atomic mass is 10.1. The van der Waals surface area contributed by atoms with Crippen molar-refractivity contribution < 1.29 is 24.1 Å². The van der Waals surface area contributed by atoms with E-state index in [0.29, 0.717) is 33.5 Å². The van der Waals surface area contributed by atoms with Crippen molar-refractivity contribution in [2.24, 2.45) is 0 Å². The Morgan fingerprint density at radius 2 is 1.79 bits per heavy atom. The van der Waals surface area contributed by atoms with Gasteiger partial charge in [0.25, 0.3) is 0 Å². The molecule has 0 saturated heterocycles. The standard InChI is InChI=1S/C22H23NO5S/c1-26-18-10-14(11-19(27-2)22(18)28-3)21(25)20(29-9-8-24)12-15-13-23-17-7-5-4-6-16(15)17/h4-7,10-13,23-24H,8-9H2,1-3H3/b20-12+. The van der Waals surface area contributed by atoms with Crippen molar-refractivity contribution in [2.45, 2.75) is 0 Å². The third-order valence-corrected chi connectivity index (χ3v) is 5.41. The number of carbonyl (C=O) groups is 1. The number of ketones is 1. The minimum atomic E-state index is -0.187. The Morgan fingerprint density at radius 1 is 1.10 bits per heavy atom. The van der Waals surface area contributed by atoms with E-state index < -0.39 is 0 Å². The lowest BCUT2D eigenvalue weighted by Gasteiger charge is -2.14. The van der Waals surface area contributed by atoms with Crippen LogP contribution in [0.3, 0.4) is 0 Å². The summed E-state index contributed by atoms with van der Waals surface area (Å²) in [6.45, 7) is -0.0293. The van der Waals surface area contributed by atoms with Crippen molar-refractivity contribution in [3.05, 3.63) is 58.6 Å². The van der Waals surface area contributed by atoms with Crippen LogP contribution in [0.15, 0.2) is 47.5 Å². The van der Waals surface area contributed by atoms with E-state index in [1.165, 1.54) is 33.1 Å². The highest BCUT2D eigenvalue weighted by atomic mass is 32.2. The molecule has 0 aliphatic rings. The largest absolute Gasteiger partial charge is 0.493 e. The van der Waals surface area contributed by atoms with Gasteiger partial charge in [0.2, 0.25) is 5.75 Å². The number of para-hydroxylation sites is 1. The lowest BCUT2D eigenvalue weighted by Crippen LogP contribution is -2.05. The molecule has 6 nitrogen and oxygen atoms in total. The Morgan fingerprint density at radius 3 is 2.41 bits per heavy atom. The van der Waals surface area contributed by atoms with Crippen LogP contribution in [0.1, 0.15) is 15.9 Å². The molecule has 0 bridgehead atoms. The molecular weight excluding hydrogens is 390 g/mol. The average molecular weight is 413 g/mol. The number of aromatic amines is 1. The van der Waals surface area contributed by atoms with Gasteiger partial charge in [-0.05, 0) is 24.3 Å². The molecule has 3 aromatic rings. The number of allylic oxidation sites excluding steroid dienone is 1. The fourth-order valence-electron chi connectivity index (χ4n) is 3.04. The number of rotatable bonds is 9. The molecule has 0 amide bonds. The van der Waals surface area contributed by atoms with E-state index in [9.17, 15) is 9.90 Å². The molecule has 1 heterocycles. The number of thioether (sulfide) groups is 1. The van der Waals surface area contributed by atoms with Crippen molar-refractivity contribution in [3.8, 4) is 17.2 Å². The Labute approximate surface area is 173 Å². The van der Waals surface area contributed by atoms with E-state index in [4.69, 9.17) is 14.2 Å². The number of Topliss-reactive ketones (excluding diaryl/α,β-unsaturated/α-hetero) is 1. The molecule has 0 fully saturated rings. The number of H-pyrrole nitrogens is 1. The van der Waals surface area contributed by atoms with Gasteiger partial charge in [0.15, 0.2) is 17.3 Å². The summed E-state index contributed by atoms with van der Waals surface area (Å²) in [6, 6.07) is 11.1. The van der Waals surface area contributed by atoms with Gasteiger partial charge in [-0.1, -0.05) is 18.2 Å². The second-order valence-electron chi connectivity index (χ2n) is 6.11. The number of benzene rings is 2. The smallest absolute Gasteiger partial charge is 0.203 e. The van der Waals surface area contributed by atoms with Crippen LogP contribution in [-0.2, 0) is 0 Å². The maximum atomic E-state index is 13.3. The van der Waals surface area contributed by atoms with Gasteiger partial charge in [-0.15, -0.1) is 11.8 Å². The van der Waals surface area contributed by atoms with E-state index in [2.05, 4.69) is 4.98 Å². The summed E-state index contributed by atoms with van der Waals surface area (Å²) in [7, 11) is 4.53. The van der Waals surface area contributed by atoms with Crippen molar-refractivity contribution in [2.75, 3.05) is 33.7 Å². The van der Waals surface area contributed by atoms with Crippen molar-refractivity contribution in [1.82, 2.24) is 4.98 Å². The van der Waals surface area contributed by atoms with Crippen LogP contribution < -0.4 is 14.2 Å². The number of hydrogen-bond acceptors (Lipinski definition) is 6. The zero-order chi connectivity index (χ0) is 20.8. The van der Waals surface area contributed by atoms with E-state index in [0.717, 1.165) is 16.5 Å². The van der Waals surface area contributed by atoms with Crippen LogP contribution in [-0.4, -0.2) is 49.6 Å². The molecule has 0 atom stereocenters. The minimum Gasteiger partial charge on any atom is -0.493 e. The predicted molar refractivity (Wildman–Crippen MR) is 116 cm³/mol. The molecule has 0 saturated carbocycles. The summed E-state index contributed by atoms with van der Waals surface area (Å²) in [5.74, 6) is 1.47. The number of nitrogens with one attached hydrogen (secondary N) is 1. The number of aliphatic hydroxyl groups is 1. The Bertz CT molecular complexity index is 1020. The van der Waals surface area contributed by atoms with Gasteiger partial charge < -0.3 is 24.3 Å². The Balaban J connectivity index is 2.06. The summed E-state index contributed by atoms with van der Waals surface area (Å²) in [5, 5.41) is 10.3. The summed E-state index contributed by atoms with van der Waals surface area (Å²) in [6.07, 6.45) is 3.71. The average Bonchev–Trinajstić information content (AvgIpc) is 3.17. The van der Waals surface area contributed by atoms with Crippen LogP contribution in [0.5, 0.6) is 17.2 Å². The first-order valence-electron chi connectivity index (χ1n) is 8.99. The lowest BCUT2D eigenvalue weighted by molar-refractivity contribution is 0.104. The van der Waals surface area contributed by atoms with E-state index in [-0.39, 0.29) is 12.4 Å². The summed E-state index contributed by atoms with van der Waals surface area (Å²) in [5.41, 5.74) is 2.31. The van der Waals surface area contributed by atoms with E-state index in [1.807, 2.05) is 36.5 Å². The molecule has 2 N–H and O–H groups in total. The van der Waals surface area contributed by atoms with Crippen LogP contribution in [0.25, 0.3) is 17.0 Å². The fraction of sp³-hybridized carbons (Fsp3) is 0.227. The maximum Gasteiger partial charge on any atom is 0.203 e. The second-order valence-corrected chi connectivity index (χ2v) is 7.25. The first-order chi connectivity index (χ1) is 14.1. The molecule has 7 heteroatoms. The van der Waals surface area contributed by atoms with Crippen LogP contribution in [0, 0.1) is 0 Å². The zero-order valence-electron chi connectivity index (χ0n) is 16.5. The van der Waals surface area contributed by atoms with Crippen LogP contribution in [0.4, 0.5) is 0 Å². The van der Waals surface area contributed by atoms with Gasteiger partial charge in [0.1, 0.15) is 0 Å². The zero-order valence-corrected chi connectivity index (χ0v) is 17.3. The van der Waals surface area contributed by atoms with Gasteiger partial charge >= 0.3 is 0 Å². The number of carbonyl (C=O) groups excluding carboxylic acids is 1. The number of aromatic nitrogens is 1. The molecule has 0 radical (unpaired) electrons. The molecule has 1 aromatic heterocycles. The minimum absolute atomic E-state index is 0.0293. The summed E-state index contributed by atoms with van der Waals surface area (Å²) >= 11 is 1.30. The third kappa shape index (κ3) is 4.41. The molecule has 2 aromatic carbocycles. The molecule has 0 spiro atoms. The monoisotopic (exact) mass is 413 g/mol. The molecular formula is C22H23NO5S. The first-order valence-corrected chi connectivity index (χ1v) is 9.97. The van der Waals surface area contributed by atoms with Gasteiger partial charge in [0, 0.05) is 34.0 Å². The van der Waals surface area contributed by atoms with Crippen molar-refractivity contribution in [3.63, 3.8) is 0 Å². The summed E-state index contributed by atoms with van der Waals surface area (Å²) in [4.78, 5) is 17.0. The van der Waals surface area contributed by atoms with E-state index >= 15 is 0 Å². The Hall–Kier alpha value is -2.90. The van der Waals surface area contributed by atoms with Crippen LogP contribution >= 0.6 is 11.8 Å². The highest BCUT2D eigenvalue weighted by Crippen LogP contribution is 2.39. The topological polar surface area (TPSA) is 80.8 Å². The molecule has 3 rings (SSSR count).